The van der Waals surface area contributed by atoms with Crippen LogP contribution in [0.2, 0.25) is 0 Å². The second kappa shape index (κ2) is 9.99. The van der Waals surface area contributed by atoms with Gasteiger partial charge in [0.05, 0.1) is 17.2 Å². The molecule has 1 amide bonds. The van der Waals surface area contributed by atoms with Gasteiger partial charge in [0.2, 0.25) is 26.0 Å². The molecular formula is C22H34N4O5S2. The third kappa shape index (κ3) is 5.43. The molecule has 33 heavy (non-hydrogen) atoms. The monoisotopic (exact) mass is 498 g/mol. The van der Waals surface area contributed by atoms with E-state index in [1.54, 1.807) is 17.9 Å². The lowest BCUT2D eigenvalue weighted by molar-refractivity contribution is -0.133. The van der Waals surface area contributed by atoms with Crippen LogP contribution < -0.4 is 0 Å². The first kappa shape index (κ1) is 24.6. The number of carbonyl (C=O) groups excluding carboxylic acids is 1. The molecule has 184 valence electrons. The van der Waals surface area contributed by atoms with E-state index < -0.39 is 20.0 Å². The van der Waals surface area contributed by atoms with Crippen molar-refractivity contribution in [2.24, 2.45) is 0 Å². The number of hydrogen-bond donors (Lipinski definition) is 0. The highest BCUT2D eigenvalue weighted by molar-refractivity contribution is 7.89. The van der Waals surface area contributed by atoms with E-state index in [4.69, 9.17) is 0 Å². The number of hydrogen-bond acceptors (Lipinski definition) is 6. The molecule has 0 unspecified atom stereocenters. The molecule has 4 rings (SSSR count). The standard InChI is InChI=1S/C22H34N4O5S2/c1-2-32(28,29)25-13-9-23(10-14-25)18-22(27)24-11-15-26(16-12-24)33(30,31)21-8-7-19-5-3-4-6-20(19)17-21/h7-8,17H,2-6,9-16,18H2,1H3. The lowest BCUT2D eigenvalue weighted by Crippen LogP contribution is -2.55. The van der Waals surface area contributed by atoms with Crippen LogP contribution in [0.5, 0.6) is 0 Å². The van der Waals surface area contributed by atoms with Gasteiger partial charge in [0.25, 0.3) is 0 Å². The molecule has 0 radical (unpaired) electrons. The zero-order chi connectivity index (χ0) is 23.6. The molecule has 0 bridgehead atoms. The minimum Gasteiger partial charge on any atom is -0.339 e. The Balaban J connectivity index is 1.29. The van der Waals surface area contributed by atoms with Crippen molar-refractivity contribution in [1.82, 2.24) is 18.4 Å². The average Bonchev–Trinajstić information content (AvgIpc) is 2.84. The maximum absolute atomic E-state index is 13.2. The molecule has 11 heteroatoms. The number of amides is 1. The van der Waals surface area contributed by atoms with Crippen molar-refractivity contribution >= 4 is 26.0 Å². The summed E-state index contributed by atoms with van der Waals surface area (Å²) in [6.45, 7) is 5.03. The SMILES string of the molecule is CCS(=O)(=O)N1CCN(CC(=O)N2CCN(S(=O)(=O)c3ccc4c(c3)CCCC4)CC2)CC1. The smallest absolute Gasteiger partial charge is 0.243 e. The van der Waals surface area contributed by atoms with Gasteiger partial charge in [-0.3, -0.25) is 9.69 Å². The van der Waals surface area contributed by atoms with Gasteiger partial charge in [-0.2, -0.15) is 8.61 Å². The number of nitrogens with zero attached hydrogens (tertiary/aromatic N) is 4. The quantitative estimate of drug-likeness (QED) is 0.562. The Kier molecular flexibility index (Phi) is 7.44. The molecule has 2 heterocycles. The van der Waals surface area contributed by atoms with Crippen LogP contribution in [0.15, 0.2) is 23.1 Å². The van der Waals surface area contributed by atoms with Gasteiger partial charge in [-0.25, -0.2) is 16.8 Å². The Hall–Kier alpha value is -1.53. The third-order valence-corrected chi connectivity index (χ3v) is 10.8. The Morgan fingerprint density at radius 2 is 1.42 bits per heavy atom. The van der Waals surface area contributed by atoms with Crippen molar-refractivity contribution in [3.63, 3.8) is 0 Å². The van der Waals surface area contributed by atoms with E-state index in [1.165, 1.54) is 14.2 Å². The van der Waals surface area contributed by atoms with Gasteiger partial charge in [-0.15, -0.1) is 0 Å². The molecule has 0 atom stereocenters. The Labute approximate surface area is 197 Å². The number of fused-ring (bicyclic) bond motifs is 1. The van der Waals surface area contributed by atoms with Gasteiger partial charge >= 0.3 is 0 Å². The number of piperazine rings is 2. The summed E-state index contributed by atoms with van der Waals surface area (Å²) < 4.78 is 53.3. The second-order valence-electron chi connectivity index (χ2n) is 9.00. The molecule has 0 aromatic heterocycles. The van der Waals surface area contributed by atoms with Gasteiger partial charge in [-0.1, -0.05) is 6.07 Å². The molecular weight excluding hydrogens is 464 g/mol. The largest absolute Gasteiger partial charge is 0.339 e. The maximum atomic E-state index is 13.2. The van der Waals surface area contributed by atoms with Crippen LogP contribution in [0.3, 0.4) is 0 Å². The Morgan fingerprint density at radius 3 is 2.06 bits per heavy atom. The van der Waals surface area contributed by atoms with E-state index in [0.29, 0.717) is 44.2 Å². The van der Waals surface area contributed by atoms with Crippen LogP contribution in [0.4, 0.5) is 0 Å². The van der Waals surface area contributed by atoms with E-state index in [0.717, 1.165) is 31.2 Å². The van der Waals surface area contributed by atoms with Crippen molar-refractivity contribution in [1.29, 1.82) is 0 Å². The minimum atomic E-state index is -3.57. The van der Waals surface area contributed by atoms with Crippen molar-refractivity contribution in [3.8, 4) is 0 Å². The first-order valence-corrected chi connectivity index (χ1v) is 14.9. The zero-order valence-electron chi connectivity index (χ0n) is 19.3. The summed E-state index contributed by atoms with van der Waals surface area (Å²) in [5.41, 5.74) is 2.40. The second-order valence-corrected chi connectivity index (χ2v) is 13.2. The molecule has 1 aliphatic carbocycles. The van der Waals surface area contributed by atoms with Crippen LogP contribution in [0, 0.1) is 0 Å². The number of rotatable bonds is 6. The Bertz CT molecular complexity index is 1070. The van der Waals surface area contributed by atoms with E-state index in [2.05, 4.69) is 0 Å². The van der Waals surface area contributed by atoms with Crippen molar-refractivity contribution < 1.29 is 21.6 Å². The summed E-state index contributed by atoms with van der Waals surface area (Å²) in [5.74, 6) is 0.0533. The molecule has 0 saturated carbocycles. The molecule has 3 aliphatic rings. The van der Waals surface area contributed by atoms with Gasteiger partial charge in [-0.05, 0) is 55.9 Å². The van der Waals surface area contributed by atoms with Crippen LogP contribution in [-0.4, -0.2) is 106 Å². The molecule has 2 fully saturated rings. The first-order chi connectivity index (χ1) is 15.7. The molecule has 1 aromatic rings. The molecule has 9 nitrogen and oxygen atoms in total. The summed E-state index contributed by atoms with van der Waals surface area (Å²) in [6, 6.07) is 5.50. The van der Waals surface area contributed by atoms with Gasteiger partial charge in [0, 0.05) is 52.4 Å². The van der Waals surface area contributed by atoms with E-state index in [-0.39, 0.29) is 31.3 Å². The summed E-state index contributed by atoms with van der Waals surface area (Å²) in [7, 11) is -6.77. The third-order valence-electron chi connectivity index (χ3n) is 7.00. The lowest BCUT2D eigenvalue weighted by Gasteiger charge is -2.37. The highest BCUT2D eigenvalue weighted by Gasteiger charge is 2.32. The molecule has 2 aliphatic heterocycles. The molecule has 2 saturated heterocycles. The van der Waals surface area contributed by atoms with E-state index >= 15 is 0 Å². The normalized spacial score (nSPS) is 21.7. The van der Waals surface area contributed by atoms with E-state index in [1.807, 2.05) is 17.0 Å². The van der Waals surface area contributed by atoms with Crippen molar-refractivity contribution in [2.45, 2.75) is 37.5 Å². The van der Waals surface area contributed by atoms with Crippen LogP contribution in [0.1, 0.15) is 30.9 Å². The van der Waals surface area contributed by atoms with Crippen LogP contribution >= 0.6 is 0 Å². The zero-order valence-corrected chi connectivity index (χ0v) is 20.9. The average molecular weight is 499 g/mol. The van der Waals surface area contributed by atoms with Gasteiger partial charge < -0.3 is 4.90 Å². The Morgan fingerprint density at radius 1 is 0.818 bits per heavy atom. The molecule has 0 spiro atoms. The first-order valence-electron chi connectivity index (χ1n) is 11.8. The highest BCUT2D eigenvalue weighted by atomic mass is 32.2. The fraction of sp³-hybridized carbons (Fsp3) is 0.682. The number of aryl methyl sites for hydroxylation is 2. The molecule has 1 aromatic carbocycles. The number of sulfonamides is 2. The minimum absolute atomic E-state index is 0.0346. The summed E-state index contributed by atoms with van der Waals surface area (Å²) in [5, 5.41) is 0. The van der Waals surface area contributed by atoms with Gasteiger partial charge in [0.15, 0.2) is 0 Å². The summed E-state index contributed by atoms with van der Waals surface area (Å²) >= 11 is 0. The fourth-order valence-electron chi connectivity index (χ4n) is 4.84. The molecule has 0 N–H and O–H groups in total. The predicted molar refractivity (Wildman–Crippen MR) is 126 cm³/mol. The lowest BCUT2D eigenvalue weighted by atomic mass is 9.92. The highest BCUT2D eigenvalue weighted by Crippen LogP contribution is 2.26. The maximum Gasteiger partial charge on any atom is 0.243 e. The fourth-order valence-corrected chi connectivity index (χ4v) is 7.40. The van der Waals surface area contributed by atoms with Crippen LogP contribution in [-0.2, 0) is 37.7 Å². The number of benzene rings is 1. The van der Waals surface area contributed by atoms with Crippen molar-refractivity contribution in [2.75, 3.05) is 64.7 Å². The summed E-state index contributed by atoms with van der Waals surface area (Å²) in [6.07, 6.45) is 4.20. The van der Waals surface area contributed by atoms with Crippen LogP contribution in [0.25, 0.3) is 0 Å². The van der Waals surface area contributed by atoms with Gasteiger partial charge in [0.1, 0.15) is 0 Å². The summed E-state index contributed by atoms with van der Waals surface area (Å²) in [4.78, 5) is 16.8. The topological polar surface area (TPSA) is 98.3 Å². The van der Waals surface area contributed by atoms with Crippen molar-refractivity contribution in [3.05, 3.63) is 29.3 Å². The van der Waals surface area contributed by atoms with E-state index in [9.17, 15) is 21.6 Å². The number of carbonyl (C=O) groups is 1. The predicted octanol–water partition coefficient (Wildman–Crippen LogP) is 0.366.